The number of piperidine rings is 1. The highest BCUT2D eigenvalue weighted by Crippen LogP contribution is 2.28. The molecule has 2 nitrogen and oxygen atoms in total. The molecule has 1 aromatic carbocycles. The number of hydrogen-bond acceptors (Lipinski definition) is 2. The van der Waals surface area contributed by atoms with Gasteiger partial charge in [-0.25, -0.2) is 5.01 Å². The van der Waals surface area contributed by atoms with Crippen LogP contribution in [0.25, 0.3) is 0 Å². The van der Waals surface area contributed by atoms with Gasteiger partial charge in [0.25, 0.3) is 0 Å². The van der Waals surface area contributed by atoms with Crippen LogP contribution in [0.3, 0.4) is 0 Å². The van der Waals surface area contributed by atoms with Crippen LogP contribution in [-0.4, -0.2) is 18.6 Å². The molecule has 0 saturated carbocycles. The molecule has 1 aliphatic heterocycles. The van der Waals surface area contributed by atoms with Crippen molar-refractivity contribution in [2.45, 2.75) is 25.3 Å². The summed E-state index contributed by atoms with van der Waals surface area (Å²) in [5.41, 5.74) is 4.72. The Bertz CT molecular complexity index is 280. The van der Waals surface area contributed by atoms with Gasteiger partial charge in [-0.15, -0.1) is 24.8 Å². The number of nitrogens with zero attached hydrogens (tertiary/aromatic N) is 1. The van der Waals surface area contributed by atoms with Crippen LogP contribution in [0.5, 0.6) is 0 Å². The van der Waals surface area contributed by atoms with Crippen molar-refractivity contribution in [3.8, 4) is 0 Å². The lowest BCUT2D eigenvalue weighted by atomic mass is 9.97. The largest absolute Gasteiger partial charge is 0.258 e. The minimum Gasteiger partial charge on any atom is -0.258 e. The molecule has 4 heteroatoms. The average Bonchev–Trinajstić information content (AvgIpc) is 2.30. The normalized spacial score (nSPS) is 20.7. The number of nitrogens with one attached hydrogen (secondary N) is 1. The molecule has 0 aromatic heterocycles. The Balaban J connectivity index is 0.00000112. The molecule has 16 heavy (non-hydrogen) atoms. The van der Waals surface area contributed by atoms with Gasteiger partial charge in [0.1, 0.15) is 0 Å². The Labute approximate surface area is 110 Å². The number of halogens is 2. The molecule has 1 N–H and O–H groups in total. The van der Waals surface area contributed by atoms with Gasteiger partial charge >= 0.3 is 0 Å². The van der Waals surface area contributed by atoms with Crippen LogP contribution in [0.15, 0.2) is 30.3 Å². The first-order chi connectivity index (χ1) is 6.92. The van der Waals surface area contributed by atoms with E-state index in [2.05, 4.69) is 40.8 Å². The van der Waals surface area contributed by atoms with E-state index in [4.69, 9.17) is 0 Å². The summed E-state index contributed by atoms with van der Waals surface area (Å²) in [6.07, 6.45) is 3.92. The molecule has 1 unspecified atom stereocenters. The second kappa shape index (κ2) is 7.91. The molecule has 1 aliphatic rings. The van der Waals surface area contributed by atoms with E-state index in [0.29, 0.717) is 6.04 Å². The fourth-order valence-electron chi connectivity index (χ4n) is 2.22. The molecule has 1 saturated heterocycles. The van der Waals surface area contributed by atoms with Gasteiger partial charge in [-0.05, 0) is 25.5 Å². The lowest BCUT2D eigenvalue weighted by Gasteiger charge is -2.35. The molecular weight excluding hydrogens is 243 g/mol. The Hall–Kier alpha value is -0.280. The van der Waals surface area contributed by atoms with Gasteiger partial charge in [-0.3, -0.25) is 5.43 Å². The maximum atomic E-state index is 3.29. The first kappa shape index (κ1) is 15.7. The molecule has 1 heterocycles. The van der Waals surface area contributed by atoms with Gasteiger partial charge in [0.2, 0.25) is 0 Å². The second-order valence-electron chi connectivity index (χ2n) is 3.84. The topological polar surface area (TPSA) is 15.3 Å². The van der Waals surface area contributed by atoms with Crippen molar-refractivity contribution >= 4 is 24.8 Å². The smallest absolute Gasteiger partial charge is 0.0492 e. The minimum absolute atomic E-state index is 0. The Morgan fingerprint density at radius 2 is 1.81 bits per heavy atom. The molecule has 0 amide bonds. The van der Waals surface area contributed by atoms with Crippen LogP contribution in [0.1, 0.15) is 30.9 Å². The average molecular weight is 263 g/mol. The van der Waals surface area contributed by atoms with Crippen molar-refractivity contribution in [1.82, 2.24) is 10.4 Å². The quantitative estimate of drug-likeness (QED) is 0.881. The third kappa shape index (κ3) is 3.63. The number of rotatable bonds is 2. The fraction of sp³-hybridized carbons (Fsp3) is 0.500. The summed E-state index contributed by atoms with van der Waals surface area (Å²) in [5, 5.41) is 2.35. The molecule has 1 aromatic rings. The monoisotopic (exact) mass is 262 g/mol. The van der Waals surface area contributed by atoms with Crippen LogP contribution in [0.4, 0.5) is 0 Å². The van der Waals surface area contributed by atoms with E-state index < -0.39 is 0 Å². The van der Waals surface area contributed by atoms with E-state index in [9.17, 15) is 0 Å². The maximum Gasteiger partial charge on any atom is 0.0492 e. The SMILES string of the molecule is CNN1CCCCC1c1ccccc1.Cl.Cl. The summed E-state index contributed by atoms with van der Waals surface area (Å²) < 4.78 is 0. The van der Waals surface area contributed by atoms with Gasteiger partial charge in [-0.2, -0.15) is 0 Å². The predicted octanol–water partition coefficient (Wildman–Crippen LogP) is 3.19. The van der Waals surface area contributed by atoms with Crippen molar-refractivity contribution in [2.75, 3.05) is 13.6 Å². The van der Waals surface area contributed by atoms with E-state index in [1.807, 2.05) is 7.05 Å². The zero-order chi connectivity index (χ0) is 9.80. The number of benzene rings is 1. The van der Waals surface area contributed by atoms with Gasteiger partial charge in [0.15, 0.2) is 0 Å². The molecule has 2 rings (SSSR count). The molecule has 0 bridgehead atoms. The molecule has 1 fully saturated rings. The first-order valence-electron chi connectivity index (χ1n) is 5.41. The number of hydrogen-bond donors (Lipinski definition) is 1. The Kier molecular flexibility index (Phi) is 7.77. The molecule has 92 valence electrons. The standard InChI is InChI=1S/C12H18N2.2ClH/c1-13-14-10-6-5-9-12(14)11-7-3-2-4-8-11;;/h2-4,7-8,12-13H,5-6,9-10H2,1H3;2*1H. The van der Waals surface area contributed by atoms with Gasteiger partial charge < -0.3 is 0 Å². The van der Waals surface area contributed by atoms with E-state index >= 15 is 0 Å². The van der Waals surface area contributed by atoms with Crippen LogP contribution in [-0.2, 0) is 0 Å². The summed E-state index contributed by atoms with van der Waals surface area (Å²) in [5.74, 6) is 0. The molecule has 0 aliphatic carbocycles. The van der Waals surface area contributed by atoms with Crippen LogP contribution >= 0.6 is 24.8 Å². The van der Waals surface area contributed by atoms with Crippen molar-refractivity contribution in [2.24, 2.45) is 0 Å². The summed E-state index contributed by atoms with van der Waals surface area (Å²) in [4.78, 5) is 0. The number of hydrazine groups is 1. The second-order valence-corrected chi connectivity index (χ2v) is 3.84. The van der Waals surface area contributed by atoms with Crippen LogP contribution in [0.2, 0.25) is 0 Å². The zero-order valence-electron chi connectivity index (χ0n) is 9.56. The third-order valence-corrected chi connectivity index (χ3v) is 2.97. The third-order valence-electron chi connectivity index (χ3n) is 2.97. The van der Waals surface area contributed by atoms with Crippen molar-refractivity contribution < 1.29 is 0 Å². The van der Waals surface area contributed by atoms with Crippen LogP contribution in [0, 0.1) is 0 Å². The Morgan fingerprint density at radius 3 is 2.44 bits per heavy atom. The van der Waals surface area contributed by atoms with Gasteiger partial charge in [0, 0.05) is 12.6 Å². The molecule has 1 atom stereocenters. The lowest BCUT2D eigenvalue weighted by Crippen LogP contribution is -2.41. The van der Waals surface area contributed by atoms with E-state index in [-0.39, 0.29) is 24.8 Å². The summed E-state index contributed by atoms with van der Waals surface area (Å²) >= 11 is 0. The van der Waals surface area contributed by atoms with E-state index in [1.165, 1.54) is 24.8 Å². The maximum absolute atomic E-state index is 3.29. The van der Waals surface area contributed by atoms with Crippen LogP contribution < -0.4 is 5.43 Å². The first-order valence-corrected chi connectivity index (χ1v) is 5.41. The fourth-order valence-corrected chi connectivity index (χ4v) is 2.22. The molecular formula is C12H20Cl2N2. The highest BCUT2D eigenvalue weighted by Gasteiger charge is 2.22. The molecule has 0 spiro atoms. The van der Waals surface area contributed by atoms with Crippen molar-refractivity contribution in [3.05, 3.63) is 35.9 Å². The zero-order valence-corrected chi connectivity index (χ0v) is 11.2. The summed E-state index contributed by atoms with van der Waals surface area (Å²) in [6, 6.07) is 11.3. The minimum atomic E-state index is 0. The summed E-state index contributed by atoms with van der Waals surface area (Å²) in [7, 11) is 2.02. The van der Waals surface area contributed by atoms with Gasteiger partial charge in [-0.1, -0.05) is 36.8 Å². The summed E-state index contributed by atoms with van der Waals surface area (Å²) in [6.45, 7) is 1.16. The van der Waals surface area contributed by atoms with Crippen molar-refractivity contribution in [1.29, 1.82) is 0 Å². The predicted molar refractivity (Wildman–Crippen MR) is 73.3 cm³/mol. The molecule has 0 radical (unpaired) electrons. The van der Waals surface area contributed by atoms with E-state index in [1.54, 1.807) is 0 Å². The Morgan fingerprint density at radius 1 is 1.12 bits per heavy atom. The lowest BCUT2D eigenvalue weighted by molar-refractivity contribution is 0.0984. The van der Waals surface area contributed by atoms with E-state index in [0.717, 1.165) is 6.54 Å². The highest BCUT2D eigenvalue weighted by atomic mass is 35.5. The highest BCUT2D eigenvalue weighted by molar-refractivity contribution is 5.85. The van der Waals surface area contributed by atoms with Crippen molar-refractivity contribution in [3.63, 3.8) is 0 Å². The van der Waals surface area contributed by atoms with Gasteiger partial charge in [0.05, 0.1) is 0 Å².